The SMILES string of the molecule is CCN(CC)CC(O)c1cc(-c2cccs2)nc2cccc(Br)c12. The van der Waals surface area contributed by atoms with Gasteiger partial charge in [-0.05, 0) is 48.3 Å². The molecule has 1 atom stereocenters. The normalized spacial score (nSPS) is 12.9. The van der Waals surface area contributed by atoms with Crippen LogP contribution < -0.4 is 0 Å². The number of aliphatic hydroxyl groups excluding tert-OH is 1. The molecule has 1 N–H and O–H groups in total. The van der Waals surface area contributed by atoms with E-state index in [-0.39, 0.29) is 0 Å². The monoisotopic (exact) mass is 404 g/mol. The fourth-order valence-electron chi connectivity index (χ4n) is 2.91. The Labute approximate surface area is 155 Å². The van der Waals surface area contributed by atoms with Crippen LogP contribution in [0, 0.1) is 0 Å². The van der Waals surface area contributed by atoms with Crippen LogP contribution in [-0.2, 0) is 0 Å². The van der Waals surface area contributed by atoms with Crippen molar-refractivity contribution in [1.82, 2.24) is 9.88 Å². The zero-order valence-corrected chi connectivity index (χ0v) is 16.3. The van der Waals surface area contributed by atoms with Gasteiger partial charge < -0.3 is 10.0 Å². The fraction of sp³-hybridized carbons (Fsp3) is 0.316. The van der Waals surface area contributed by atoms with Gasteiger partial charge in [-0.2, -0.15) is 0 Å². The summed E-state index contributed by atoms with van der Waals surface area (Å²) in [6.07, 6.45) is -0.548. The van der Waals surface area contributed by atoms with E-state index in [9.17, 15) is 5.11 Å². The lowest BCUT2D eigenvalue weighted by atomic mass is 10.0. The molecule has 1 aromatic carbocycles. The van der Waals surface area contributed by atoms with Crippen LogP contribution in [0.4, 0.5) is 0 Å². The number of hydrogen-bond acceptors (Lipinski definition) is 4. The molecule has 5 heteroatoms. The lowest BCUT2D eigenvalue weighted by molar-refractivity contribution is 0.120. The van der Waals surface area contributed by atoms with Gasteiger partial charge in [0, 0.05) is 16.4 Å². The maximum atomic E-state index is 10.9. The number of benzene rings is 1. The quantitative estimate of drug-likeness (QED) is 0.620. The second-order valence-electron chi connectivity index (χ2n) is 5.71. The van der Waals surface area contributed by atoms with Crippen molar-refractivity contribution in [2.24, 2.45) is 0 Å². The third-order valence-electron chi connectivity index (χ3n) is 4.27. The van der Waals surface area contributed by atoms with Gasteiger partial charge in [0.2, 0.25) is 0 Å². The molecule has 2 aromatic heterocycles. The summed E-state index contributed by atoms with van der Waals surface area (Å²) in [5.74, 6) is 0. The number of aliphatic hydroxyl groups is 1. The number of hydrogen-bond donors (Lipinski definition) is 1. The van der Waals surface area contributed by atoms with Gasteiger partial charge in [0.1, 0.15) is 0 Å². The van der Waals surface area contributed by atoms with Crippen molar-refractivity contribution in [2.75, 3.05) is 19.6 Å². The Morgan fingerprint density at radius 2 is 2.00 bits per heavy atom. The second kappa shape index (κ2) is 7.74. The highest BCUT2D eigenvalue weighted by atomic mass is 79.9. The molecule has 126 valence electrons. The van der Waals surface area contributed by atoms with Crippen molar-refractivity contribution in [3.63, 3.8) is 0 Å². The molecule has 0 saturated heterocycles. The molecular formula is C19H21BrN2OS. The van der Waals surface area contributed by atoms with Crippen LogP contribution in [0.5, 0.6) is 0 Å². The average Bonchev–Trinajstić information content (AvgIpc) is 3.13. The highest BCUT2D eigenvalue weighted by Crippen LogP contribution is 2.34. The fourth-order valence-corrected chi connectivity index (χ4v) is 4.18. The zero-order valence-electron chi connectivity index (χ0n) is 13.9. The summed E-state index contributed by atoms with van der Waals surface area (Å²) in [5, 5.41) is 14.0. The largest absolute Gasteiger partial charge is 0.387 e. The molecule has 0 fully saturated rings. The molecule has 0 saturated carbocycles. The maximum Gasteiger partial charge on any atom is 0.0924 e. The molecule has 24 heavy (non-hydrogen) atoms. The van der Waals surface area contributed by atoms with Gasteiger partial charge in [-0.25, -0.2) is 4.98 Å². The van der Waals surface area contributed by atoms with E-state index in [1.165, 1.54) is 0 Å². The minimum absolute atomic E-state index is 0.548. The minimum atomic E-state index is -0.548. The van der Waals surface area contributed by atoms with Crippen LogP contribution in [-0.4, -0.2) is 34.6 Å². The number of nitrogens with zero attached hydrogens (tertiary/aromatic N) is 2. The van der Waals surface area contributed by atoms with E-state index in [1.54, 1.807) is 11.3 Å². The Morgan fingerprint density at radius 3 is 2.67 bits per heavy atom. The first kappa shape index (κ1) is 17.5. The lowest BCUT2D eigenvalue weighted by Crippen LogP contribution is -2.28. The topological polar surface area (TPSA) is 36.4 Å². The van der Waals surface area contributed by atoms with Crippen molar-refractivity contribution < 1.29 is 5.11 Å². The number of aromatic nitrogens is 1. The summed E-state index contributed by atoms with van der Waals surface area (Å²) < 4.78 is 0.971. The van der Waals surface area contributed by atoms with E-state index in [0.29, 0.717) is 6.54 Å². The predicted octanol–water partition coefficient (Wildman–Crippen LogP) is 5.10. The molecule has 0 bridgehead atoms. The van der Waals surface area contributed by atoms with Crippen LogP contribution in [0.15, 0.2) is 46.3 Å². The van der Waals surface area contributed by atoms with Crippen molar-refractivity contribution in [3.05, 3.63) is 51.8 Å². The van der Waals surface area contributed by atoms with Gasteiger partial charge in [0.25, 0.3) is 0 Å². The van der Waals surface area contributed by atoms with E-state index in [2.05, 4.69) is 40.7 Å². The van der Waals surface area contributed by atoms with Crippen molar-refractivity contribution in [2.45, 2.75) is 20.0 Å². The van der Waals surface area contributed by atoms with Crippen molar-refractivity contribution in [3.8, 4) is 10.6 Å². The van der Waals surface area contributed by atoms with Gasteiger partial charge >= 0.3 is 0 Å². The average molecular weight is 405 g/mol. The molecule has 3 rings (SSSR count). The maximum absolute atomic E-state index is 10.9. The smallest absolute Gasteiger partial charge is 0.0924 e. The molecule has 0 amide bonds. The van der Waals surface area contributed by atoms with Crippen LogP contribution in [0.3, 0.4) is 0 Å². The summed E-state index contributed by atoms with van der Waals surface area (Å²) in [7, 11) is 0. The van der Waals surface area contributed by atoms with E-state index >= 15 is 0 Å². The summed E-state index contributed by atoms with van der Waals surface area (Å²) >= 11 is 5.29. The van der Waals surface area contributed by atoms with Crippen LogP contribution in [0.2, 0.25) is 0 Å². The number of halogens is 1. The molecular weight excluding hydrogens is 384 g/mol. The standard InChI is InChI=1S/C19H21BrN2OS/c1-3-22(4-2)12-17(23)13-11-16(18-9-6-10-24-18)21-15-8-5-7-14(20)19(13)15/h5-11,17,23H,3-4,12H2,1-2H3. The number of rotatable bonds is 6. The highest BCUT2D eigenvalue weighted by Gasteiger charge is 2.18. The molecule has 3 nitrogen and oxygen atoms in total. The van der Waals surface area contributed by atoms with Gasteiger partial charge in [0.15, 0.2) is 0 Å². The Morgan fingerprint density at radius 1 is 1.21 bits per heavy atom. The van der Waals surface area contributed by atoms with Crippen LogP contribution in [0.25, 0.3) is 21.5 Å². The van der Waals surface area contributed by atoms with E-state index in [0.717, 1.165) is 44.6 Å². The van der Waals surface area contributed by atoms with E-state index in [4.69, 9.17) is 4.98 Å². The molecule has 3 aromatic rings. The molecule has 0 aliphatic carbocycles. The molecule has 1 unspecified atom stereocenters. The zero-order chi connectivity index (χ0) is 17.1. The van der Waals surface area contributed by atoms with Crippen molar-refractivity contribution >= 4 is 38.2 Å². The minimum Gasteiger partial charge on any atom is -0.387 e. The Hall–Kier alpha value is -1.27. The molecule has 0 aliphatic heterocycles. The first-order valence-electron chi connectivity index (χ1n) is 8.17. The predicted molar refractivity (Wildman–Crippen MR) is 106 cm³/mol. The van der Waals surface area contributed by atoms with Crippen LogP contribution in [0.1, 0.15) is 25.5 Å². The van der Waals surface area contributed by atoms with E-state index < -0.39 is 6.10 Å². The summed E-state index contributed by atoms with van der Waals surface area (Å²) in [6.45, 7) is 6.71. The number of pyridine rings is 1. The Bertz CT molecular complexity index is 816. The van der Waals surface area contributed by atoms with Gasteiger partial charge in [-0.3, -0.25) is 0 Å². The first-order chi connectivity index (χ1) is 11.6. The lowest BCUT2D eigenvalue weighted by Gasteiger charge is -2.23. The molecule has 0 aliphatic rings. The highest BCUT2D eigenvalue weighted by molar-refractivity contribution is 9.10. The summed E-state index contributed by atoms with van der Waals surface area (Å²) in [5.41, 5.74) is 2.76. The molecule has 2 heterocycles. The van der Waals surface area contributed by atoms with Gasteiger partial charge in [-0.15, -0.1) is 11.3 Å². The van der Waals surface area contributed by atoms with Gasteiger partial charge in [-0.1, -0.05) is 41.9 Å². The van der Waals surface area contributed by atoms with Gasteiger partial charge in [0.05, 0.1) is 22.2 Å². The van der Waals surface area contributed by atoms with E-state index in [1.807, 2.05) is 35.7 Å². The Balaban J connectivity index is 2.13. The van der Waals surface area contributed by atoms with Crippen molar-refractivity contribution in [1.29, 1.82) is 0 Å². The number of fused-ring (bicyclic) bond motifs is 1. The summed E-state index contributed by atoms with van der Waals surface area (Å²) in [6, 6.07) is 12.1. The molecule has 0 spiro atoms. The summed E-state index contributed by atoms with van der Waals surface area (Å²) in [4.78, 5) is 8.15. The first-order valence-corrected chi connectivity index (χ1v) is 9.84. The third-order valence-corrected chi connectivity index (χ3v) is 5.82. The number of likely N-dealkylation sites (N-methyl/N-ethyl adjacent to an activating group) is 1. The van der Waals surface area contributed by atoms with Crippen LogP contribution >= 0.6 is 27.3 Å². The molecule has 0 radical (unpaired) electrons. The number of thiophene rings is 1. The Kier molecular flexibility index (Phi) is 5.66. The third kappa shape index (κ3) is 3.54. The second-order valence-corrected chi connectivity index (χ2v) is 7.51.